The van der Waals surface area contributed by atoms with Gasteiger partial charge in [0.15, 0.2) is 0 Å². The van der Waals surface area contributed by atoms with Gasteiger partial charge in [-0.1, -0.05) is 36.4 Å². The number of carbonyl (C=O) groups excluding carboxylic acids is 1. The van der Waals surface area contributed by atoms with Crippen molar-refractivity contribution in [3.63, 3.8) is 0 Å². The highest BCUT2D eigenvalue weighted by molar-refractivity contribution is 5.78. The lowest BCUT2D eigenvalue weighted by Gasteiger charge is -2.49. The number of likely N-dealkylation sites (tertiary alicyclic amines) is 2. The van der Waals surface area contributed by atoms with E-state index in [1.165, 1.54) is 57.3 Å². The highest BCUT2D eigenvalue weighted by atomic mass is 16.2. The average Bonchev–Trinajstić information content (AvgIpc) is 3.48. The lowest BCUT2D eigenvalue weighted by molar-refractivity contribution is -0.130. The number of rotatable bonds is 3. The smallest absolute Gasteiger partial charge is 0.223 e. The zero-order valence-corrected chi connectivity index (χ0v) is 17.6. The van der Waals surface area contributed by atoms with E-state index < -0.39 is 0 Å². The fourth-order valence-electron chi connectivity index (χ4n) is 7.42. The zero-order chi connectivity index (χ0) is 19.4. The van der Waals surface area contributed by atoms with E-state index in [1.54, 1.807) is 5.56 Å². The Hall–Kier alpha value is -1.61. The van der Waals surface area contributed by atoms with Crippen LogP contribution in [0.15, 0.2) is 36.4 Å². The van der Waals surface area contributed by atoms with Crippen molar-refractivity contribution in [3.8, 4) is 0 Å². The molecule has 29 heavy (non-hydrogen) atoms. The zero-order valence-electron chi connectivity index (χ0n) is 17.6. The summed E-state index contributed by atoms with van der Waals surface area (Å²) in [7, 11) is 0. The first kappa shape index (κ1) is 18.2. The van der Waals surface area contributed by atoms with Gasteiger partial charge in [-0.05, 0) is 92.3 Å². The van der Waals surface area contributed by atoms with Crippen LogP contribution in [0.1, 0.15) is 68.5 Å². The summed E-state index contributed by atoms with van der Waals surface area (Å²) in [6.07, 6.45) is 14.6. The minimum absolute atomic E-state index is 0.325. The summed E-state index contributed by atoms with van der Waals surface area (Å²) in [6.45, 7) is 4.77. The fraction of sp³-hybridized carbons (Fsp3) is 0.654. The number of nitrogens with zero attached hydrogens (tertiary/aromatic N) is 2. The Morgan fingerprint density at radius 1 is 1.00 bits per heavy atom. The number of fused-ring (bicyclic) bond motifs is 4. The SMILES string of the molecule is O=C1CCCN1[C@H]1CCC2(CCN(C[C@@H]3C[C@H]4C=CC3C4)CC2)c2ccccc21. The van der Waals surface area contributed by atoms with E-state index in [0.29, 0.717) is 17.4 Å². The third-order valence-corrected chi connectivity index (χ3v) is 9.00. The van der Waals surface area contributed by atoms with Gasteiger partial charge in [-0.25, -0.2) is 0 Å². The molecule has 1 spiro atoms. The van der Waals surface area contributed by atoms with Crippen LogP contribution < -0.4 is 0 Å². The van der Waals surface area contributed by atoms with E-state index >= 15 is 0 Å². The first-order valence-corrected chi connectivity index (χ1v) is 12.0. The molecule has 0 radical (unpaired) electrons. The molecule has 2 aliphatic heterocycles. The first-order valence-electron chi connectivity index (χ1n) is 12.0. The Morgan fingerprint density at radius 2 is 1.86 bits per heavy atom. The number of amides is 1. The standard InChI is InChI=1S/C26H34N2O/c29-25-6-3-13-28(25)24-9-10-26(23-5-2-1-4-22(23)24)11-14-27(15-12-26)18-21-17-19-7-8-20(21)16-19/h1-2,4-5,7-8,19-21,24H,3,6,9-18H2/t19-,20?,21-,24-/m0/s1. The van der Waals surface area contributed by atoms with Gasteiger partial charge < -0.3 is 9.80 Å². The molecule has 4 atom stereocenters. The maximum absolute atomic E-state index is 12.4. The lowest BCUT2D eigenvalue weighted by atomic mass is 9.63. The van der Waals surface area contributed by atoms with Crippen molar-refractivity contribution in [2.75, 3.05) is 26.2 Å². The summed E-state index contributed by atoms with van der Waals surface area (Å²) in [4.78, 5) is 17.4. The molecule has 0 N–H and O–H groups in total. The number of carbonyl (C=O) groups is 1. The largest absolute Gasteiger partial charge is 0.336 e. The molecule has 3 fully saturated rings. The Kier molecular flexibility index (Phi) is 4.37. The number of piperidine rings is 1. The summed E-state index contributed by atoms with van der Waals surface area (Å²) in [5.74, 6) is 3.03. The molecule has 3 heteroatoms. The molecule has 6 rings (SSSR count). The molecule has 2 bridgehead atoms. The maximum Gasteiger partial charge on any atom is 0.223 e. The van der Waals surface area contributed by atoms with Gasteiger partial charge in [0, 0.05) is 19.5 Å². The highest BCUT2D eigenvalue weighted by Crippen LogP contribution is 2.50. The third-order valence-electron chi connectivity index (χ3n) is 9.00. The second-order valence-corrected chi connectivity index (χ2v) is 10.5. The van der Waals surface area contributed by atoms with Crippen LogP contribution >= 0.6 is 0 Å². The Morgan fingerprint density at radius 3 is 2.59 bits per heavy atom. The number of benzene rings is 1. The Balaban J connectivity index is 1.18. The molecular formula is C26H34N2O. The van der Waals surface area contributed by atoms with Crippen LogP contribution in [0.4, 0.5) is 0 Å². The van der Waals surface area contributed by atoms with Crippen LogP contribution in [0.3, 0.4) is 0 Å². The second-order valence-electron chi connectivity index (χ2n) is 10.5. The van der Waals surface area contributed by atoms with E-state index in [4.69, 9.17) is 0 Å². The van der Waals surface area contributed by atoms with Gasteiger partial charge >= 0.3 is 0 Å². The predicted octanol–water partition coefficient (Wildman–Crippen LogP) is 4.69. The molecule has 154 valence electrons. The topological polar surface area (TPSA) is 23.6 Å². The molecule has 1 aromatic rings. The van der Waals surface area contributed by atoms with Crippen molar-refractivity contribution >= 4 is 5.91 Å². The fourth-order valence-corrected chi connectivity index (χ4v) is 7.42. The van der Waals surface area contributed by atoms with Crippen LogP contribution in [0.25, 0.3) is 0 Å². The van der Waals surface area contributed by atoms with Crippen LogP contribution in [0, 0.1) is 17.8 Å². The van der Waals surface area contributed by atoms with Crippen molar-refractivity contribution < 1.29 is 4.79 Å². The molecule has 1 unspecified atom stereocenters. The number of hydrogen-bond donors (Lipinski definition) is 0. The molecule has 1 amide bonds. The Bertz CT molecular complexity index is 822. The minimum atomic E-state index is 0.325. The van der Waals surface area contributed by atoms with Gasteiger partial charge in [0.25, 0.3) is 0 Å². The molecule has 2 heterocycles. The highest BCUT2D eigenvalue weighted by Gasteiger charge is 2.45. The van der Waals surface area contributed by atoms with Gasteiger partial charge in [-0.3, -0.25) is 4.79 Å². The van der Waals surface area contributed by atoms with Gasteiger partial charge in [0.2, 0.25) is 5.91 Å². The second kappa shape index (κ2) is 6.97. The lowest BCUT2D eigenvalue weighted by Crippen LogP contribution is -2.47. The monoisotopic (exact) mass is 390 g/mol. The number of hydrogen-bond acceptors (Lipinski definition) is 2. The van der Waals surface area contributed by atoms with E-state index in [1.807, 2.05) is 0 Å². The molecule has 0 aromatic heterocycles. The molecule has 2 saturated heterocycles. The van der Waals surface area contributed by atoms with Gasteiger partial charge in [-0.15, -0.1) is 0 Å². The summed E-state index contributed by atoms with van der Waals surface area (Å²) in [5, 5.41) is 0. The van der Waals surface area contributed by atoms with Gasteiger partial charge in [0.1, 0.15) is 0 Å². The summed E-state index contributed by atoms with van der Waals surface area (Å²) in [5.41, 5.74) is 3.38. The molecule has 1 saturated carbocycles. The average molecular weight is 391 g/mol. The summed E-state index contributed by atoms with van der Waals surface area (Å²) >= 11 is 0. The van der Waals surface area contributed by atoms with E-state index in [2.05, 4.69) is 46.2 Å². The van der Waals surface area contributed by atoms with Gasteiger partial charge in [-0.2, -0.15) is 0 Å². The molecule has 5 aliphatic rings. The van der Waals surface area contributed by atoms with Crippen molar-refractivity contribution in [1.82, 2.24) is 9.80 Å². The van der Waals surface area contributed by atoms with Crippen LogP contribution in [0.5, 0.6) is 0 Å². The maximum atomic E-state index is 12.4. The molecule has 3 aliphatic carbocycles. The quantitative estimate of drug-likeness (QED) is 0.699. The van der Waals surface area contributed by atoms with E-state index in [-0.39, 0.29) is 0 Å². The van der Waals surface area contributed by atoms with E-state index in [9.17, 15) is 4.79 Å². The minimum Gasteiger partial charge on any atom is -0.336 e. The Labute approximate surface area is 175 Å². The normalized spacial score (nSPS) is 35.6. The predicted molar refractivity (Wildman–Crippen MR) is 116 cm³/mol. The van der Waals surface area contributed by atoms with Crippen LogP contribution in [0.2, 0.25) is 0 Å². The van der Waals surface area contributed by atoms with Crippen molar-refractivity contribution in [2.45, 2.75) is 62.8 Å². The van der Waals surface area contributed by atoms with Crippen LogP contribution in [-0.2, 0) is 10.2 Å². The summed E-state index contributed by atoms with van der Waals surface area (Å²) in [6, 6.07) is 9.44. The van der Waals surface area contributed by atoms with E-state index in [0.717, 1.165) is 43.6 Å². The van der Waals surface area contributed by atoms with Crippen molar-refractivity contribution in [2.24, 2.45) is 17.8 Å². The van der Waals surface area contributed by atoms with Crippen LogP contribution in [-0.4, -0.2) is 41.9 Å². The van der Waals surface area contributed by atoms with Crippen molar-refractivity contribution in [1.29, 1.82) is 0 Å². The molecule has 1 aromatic carbocycles. The van der Waals surface area contributed by atoms with Gasteiger partial charge in [0.05, 0.1) is 6.04 Å². The van der Waals surface area contributed by atoms with Crippen molar-refractivity contribution in [3.05, 3.63) is 47.5 Å². The number of allylic oxidation sites excluding steroid dienone is 2. The first-order chi connectivity index (χ1) is 14.2. The third kappa shape index (κ3) is 3.00. The molecule has 3 nitrogen and oxygen atoms in total. The summed E-state index contributed by atoms with van der Waals surface area (Å²) < 4.78 is 0. The molecular weight excluding hydrogens is 356 g/mol.